The summed E-state index contributed by atoms with van der Waals surface area (Å²) < 4.78 is 32.4. The molecule has 0 bridgehead atoms. The maximum atomic E-state index is 14.5. The third-order valence-corrected chi connectivity index (χ3v) is 11.3. The van der Waals surface area contributed by atoms with E-state index in [1.165, 1.54) is 24.1 Å². The van der Waals surface area contributed by atoms with E-state index >= 15 is 0 Å². The zero-order chi connectivity index (χ0) is 43.2. The number of amides is 5. The fraction of sp³-hybridized carbons (Fsp3) is 0.383. The Bertz CT molecular complexity index is 2150. The van der Waals surface area contributed by atoms with Gasteiger partial charge in [0.2, 0.25) is 17.7 Å². The van der Waals surface area contributed by atoms with Crippen LogP contribution in [0.3, 0.4) is 0 Å². The number of carbonyl (C=O) groups excluding carboxylic acids is 5. The predicted octanol–water partition coefficient (Wildman–Crippen LogP) is 4.69. The summed E-state index contributed by atoms with van der Waals surface area (Å²) in [6.07, 6.45) is 1.77. The van der Waals surface area contributed by atoms with Crippen LogP contribution in [0.5, 0.6) is 11.5 Å². The van der Waals surface area contributed by atoms with E-state index in [0.717, 1.165) is 11.1 Å². The topological polar surface area (TPSA) is 156 Å². The minimum absolute atomic E-state index is 0.0228. The number of rotatable bonds is 6. The summed E-state index contributed by atoms with van der Waals surface area (Å²) in [5, 5.41) is 8.72. The minimum atomic E-state index is -1.14. The summed E-state index contributed by atoms with van der Waals surface area (Å²) in [6, 6.07) is 27.7. The normalized spacial score (nSPS) is 19.9. The Morgan fingerprint density at radius 3 is 2.26 bits per heavy atom. The molecule has 322 valence electrons. The Morgan fingerprint density at radius 1 is 0.836 bits per heavy atom. The van der Waals surface area contributed by atoms with Crippen LogP contribution in [0.25, 0.3) is 0 Å². The van der Waals surface area contributed by atoms with Gasteiger partial charge in [-0.3, -0.25) is 24.0 Å². The highest BCUT2D eigenvalue weighted by molar-refractivity contribution is 6.00. The van der Waals surface area contributed by atoms with Crippen LogP contribution in [-0.2, 0) is 31.0 Å². The highest BCUT2D eigenvalue weighted by atomic mass is 19.1. The lowest BCUT2D eigenvalue weighted by Crippen LogP contribution is -2.52. The van der Waals surface area contributed by atoms with Gasteiger partial charge in [0.15, 0.2) is 0 Å². The van der Waals surface area contributed by atoms with Crippen LogP contribution in [0, 0.1) is 5.82 Å². The van der Waals surface area contributed by atoms with Crippen molar-refractivity contribution in [2.45, 2.75) is 56.0 Å². The van der Waals surface area contributed by atoms with Crippen LogP contribution >= 0.6 is 0 Å². The van der Waals surface area contributed by atoms with Gasteiger partial charge >= 0.3 is 0 Å². The summed E-state index contributed by atoms with van der Waals surface area (Å²) in [4.78, 5) is 71.7. The Kier molecular flexibility index (Phi) is 15.5. The van der Waals surface area contributed by atoms with Gasteiger partial charge in [-0.2, -0.15) is 0 Å². The molecule has 5 amide bonds. The van der Waals surface area contributed by atoms with Gasteiger partial charge in [0.25, 0.3) is 11.8 Å². The van der Waals surface area contributed by atoms with Crippen molar-refractivity contribution in [3.05, 3.63) is 131 Å². The second-order valence-corrected chi connectivity index (χ2v) is 15.6. The van der Waals surface area contributed by atoms with E-state index in [-0.39, 0.29) is 80.2 Å². The quantitative estimate of drug-likeness (QED) is 0.253. The molecule has 0 aromatic heterocycles. The van der Waals surface area contributed by atoms with Crippen molar-refractivity contribution in [2.75, 3.05) is 60.2 Å². The lowest BCUT2D eigenvalue weighted by Gasteiger charge is -2.38. The van der Waals surface area contributed by atoms with Crippen molar-refractivity contribution >= 4 is 29.5 Å². The molecule has 3 N–H and O–H groups in total. The first-order chi connectivity index (χ1) is 29.5. The summed E-state index contributed by atoms with van der Waals surface area (Å²) >= 11 is 0. The highest BCUT2D eigenvalue weighted by Gasteiger charge is 2.36. The molecule has 2 aliphatic heterocycles. The van der Waals surface area contributed by atoms with Crippen molar-refractivity contribution in [1.82, 2.24) is 25.8 Å². The van der Waals surface area contributed by atoms with E-state index in [9.17, 15) is 28.4 Å². The molecule has 1 fully saturated rings. The van der Waals surface area contributed by atoms with E-state index in [2.05, 4.69) is 16.0 Å². The number of halogens is 1. The van der Waals surface area contributed by atoms with Gasteiger partial charge in [-0.1, -0.05) is 66.7 Å². The molecule has 2 aliphatic rings. The van der Waals surface area contributed by atoms with Crippen LogP contribution in [0.1, 0.15) is 63.9 Å². The van der Waals surface area contributed by atoms with Gasteiger partial charge in [0, 0.05) is 52.2 Å². The number of fused-ring (bicyclic) bond motifs is 2. The largest absolute Gasteiger partial charge is 0.493 e. The number of ether oxygens (including phenoxy) is 3. The average Bonchev–Trinajstić information content (AvgIpc) is 3.28. The third kappa shape index (κ3) is 11.9. The first-order valence-corrected chi connectivity index (χ1v) is 20.7. The number of nitrogens with one attached hydrogen (secondary N) is 3. The summed E-state index contributed by atoms with van der Waals surface area (Å²) in [5.74, 6) is -1.94. The summed E-state index contributed by atoms with van der Waals surface area (Å²) in [6.45, 7) is 1.27. The van der Waals surface area contributed by atoms with E-state index < -0.39 is 35.2 Å². The lowest BCUT2D eigenvalue weighted by molar-refractivity contribution is -0.133. The van der Waals surface area contributed by atoms with Crippen LogP contribution in [0.2, 0.25) is 0 Å². The van der Waals surface area contributed by atoms with Gasteiger partial charge in [0.05, 0.1) is 30.3 Å². The minimum Gasteiger partial charge on any atom is -0.493 e. The fourth-order valence-corrected chi connectivity index (χ4v) is 7.64. The van der Waals surface area contributed by atoms with E-state index in [4.69, 9.17) is 14.2 Å². The van der Waals surface area contributed by atoms with Gasteiger partial charge in [-0.25, -0.2) is 4.39 Å². The predicted molar refractivity (Wildman–Crippen MR) is 227 cm³/mol. The molecule has 4 aromatic carbocycles. The number of para-hydroxylation sites is 2. The number of nitrogens with zero attached hydrogens (tertiary/aromatic N) is 2. The first kappa shape index (κ1) is 44.3. The average molecular weight is 836 g/mol. The molecule has 6 rings (SSSR count). The molecule has 2 heterocycles. The Labute approximate surface area is 355 Å². The van der Waals surface area contributed by atoms with Crippen molar-refractivity contribution in [3.63, 3.8) is 0 Å². The van der Waals surface area contributed by atoms with Crippen LogP contribution in [0.4, 0.5) is 4.39 Å². The zero-order valence-corrected chi connectivity index (χ0v) is 34.7. The SMILES string of the molecule is CN1CC(=O)NCCCOc2ccccc2C(=O)N[C@H](C(=O)NCC2(c3cccc(F)c3)CCOCC2)CCC(=O)N(C)[C@@H](Cc2ccccc2)COc2ccccc2C1=O. The molecule has 1 saturated heterocycles. The summed E-state index contributed by atoms with van der Waals surface area (Å²) in [5.41, 5.74) is 1.54. The van der Waals surface area contributed by atoms with Crippen LogP contribution in [0.15, 0.2) is 103 Å². The Balaban J connectivity index is 1.28. The summed E-state index contributed by atoms with van der Waals surface area (Å²) in [7, 11) is 3.20. The Morgan fingerprint density at radius 2 is 1.52 bits per heavy atom. The van der Waals surface area contributed by atoms with Gasteiger partial charge < -0.3 is 40.0 Å². The molecule has 0 aliphatic carbocycles. The molecule has 0 saturated carbocycles. The molecular formula is C47H54FN5O8. The second-order valence-electron chi connectivity index (χ2n) is 15.6. The fourth-order valence-electron chi connectivity index (χ4n) is 7.64. The highest BCUT2D eigenvalue weighted by Crippen LogP contribution is 2.35. The Hall–Kier alpha value is -6.28. The maximum absolute atomic E-state index is 14.5. The molecule has 13 nitrogen and oxygen atoms in total. The smallest absolute Gasteiger partial charge is 0.257 e. The number of carbonyl (C=O) groups is 5. The van der Waals surface area contributed by atoms with Gasteiger partial charge in [-0.05, 0) is 79.6 Å². The second kappa shape index (κ2) is 21.3. The monoisotopic (exact) mass is 835 g/mol. The van der Waals surface area contributed by atoms with Crippen LogP contribution < -0.4 is 25.4 Å². The van der Waals surface area contributed by atoms with E-state index in [1.807, 2.05) is 36.4 Å². The lowest BCUT2D eigenvalue weighted by atomic mass is 9.74. The zero-order valence-electron chi connectivity index (χ0n) is 34.7. The van der Waals surface area contributed by atoms with E-state index in [0.29, 0.717) is 44.6 Å². The van der Waals surface area contributed by atoms with Crippen molar-refractivity contribution in [2.24, 2.45) is 0 Å². The standard InChI is InChI=1S/C47H54FN5O8/c1-52-30-42(54)49-24-11-25-60-40-18-8-6-16-37(40)44(56)51-39(45(57)50-32-47(22-26-59-27-23-47)34-14-10-15-35(48)29-34)20-21-43(55)53(2)36(28-33-12-4-3-5-13-33)31-61-41-19-9-7-17-38(41)46(52)58/h3-10,12-19,29,36,39H,11,20-28,30-32H2,1-2H3,(H,49,54)(H,50,57)(H,51,56)/t36-,39-/m0/s1. The molecule has 0 spiro atoms. The number of likely N-dealkylation sites (N-methyl/N-ethyl adjacent to an activating group) is 2. The molecule has 0 radical (unpaired) electrons. The van der Waals surface area contributed by atoms with Crippen LogP contribution in [-0.4, -0.2) is 112 Å². The number of benzene rings is 4. The first-order valence-electron chi connectivity index (χ1n) is 20.7. The number of hydrogen-bond donors (Lipinski definition) is 3. The maximum Gasteiger partial charge on any atom is 0.257 e. The molecule has 14 heteroatoms. The van der Waals surface area contributed by atoms with Crippen molar-refractivity contribution in [3.8, 4) is 11.5 Å². The molecule has 61 heavy (non-hydrogen) atoms. The molecule has 4 aromatic rings. The molecule has 0 unspecified atom stereocenters. The van der Waals surface area contributed by atoms with E-state index in [1.54, 1.807) is 66.5 Å². The third-order valence-electron chi connectivity index (χ3n) is 11.3. The van der Waals surface area contributed by atoms with Gasteiger partial charge in [0.1, 0.15) is 30.0 Å². The van der Waals surface area contributed by atoms with Crippen molar-refractivity contribution in [1.29, 1.82) is 0 Å². The molecular weight excluding hydrogens is 782 g/mol. The van der Waals surface area contributed by atoms with Gasteiger partial charge in [-0.15, -0.1) is 0 Å². The molecule has 2 atom stereocenters. The number of hydrogen-bond acceptors (Lipinski definition) is 8. The van der Waals surface area contributed by atoms with Crippen molar-refractivity contribution < 1.29 is 42.6 Å².